The molecule has 0 amide bonds. The lowest BCUT2D eigenvalue weighted by atomic mass is 10.0. The van der Waals surface area contributed by atoms with Crippen LogP contribution in [0.25, 0.3) is 44.2 Å². The number of rotatable bonds is 1. The van der Waals surface area contributed by atoms with Gasteiger partial charge in [0.25, 0.3) is 0 Å². The largest absolute Gasteiger partial charge is 0.453 e. The molecule has 0 spiro atoms. The number of benzene rings is 2. The third-order valence-electron chi connectivity index (χ3n) is 4.83. The SMILES string of the molecule is Cc1ccc2c(oc3cc4ccccc4nc32)c1-c1cccc[n+]1C. The van der Waals surface area contributed by atoms with Crippen LogP contribution in [0.3, 0.4) is 0 Å². The molecule has 0 saturated carbocycles. The van der Waals surface area contributed by atoms with Gasteiger partial charge in [-0.1, -0.05) is 24.3 Å². The van der Waals surface area contributed by atoms with Gasteiger partial charge in [0.15, 0.2) is 17.4 Å². The standard InChI is InChI=1S/C22H17N2O/c1-14-10-11-16-21-19(13-15-7-3-4-8-17(15)23-21)25-22(16)20(14)18-9-5-6-12-24(18)2/h3-13H,1-2H3/q+1. The second-order valence-electron chi connectivity index (χ2n) is 6.46. The van der Waals surface area contributed by atoms with E-state index in [0.29, 0.717) is 0 Å². The van der Waals surface area contributed by atoms with Crippen LogP contribution in [-0.2, 0) is 7.05 Å². The van der Waals surface area contributed by atoms with Crippen LogP contribution in [0, 0.1) is 6.92 Å². The van der Waals surface area contributed by atoms with Crippen molar-refractivity contribution >= 4 is 33.0 Å². The highest BCUT2D eigenvalue weighted by Gasteiger charge is 2.20. The Balaban J connectivity index is 1.94. The molecule has 2 aromatic carbocycles. The number of hydrogen-bond acceptors (Lipinski definition) is 2. The Morgan fingerprint density at radius 1 is 0.960 bits per heavy atom. The monoisotopic (exact) mass is 325 g/mol. The molecule has 0 bridgehead atoms. The molecule has 0 aliphatic rings. The second kappa shape index (κ2) is 5.15. The van der Waals surface area contributed by atoms with Gasteiger partial charge in [-0.15, -0.1) is 0 Å². The molecule has 120 valence electrons. The average molecular weight is 325 g/mol. The number of aryl methyl sites for hydroxylation is 2. The van der Waals surface area contributed by atoms with Crippen molar-refractivity contribution in [2.45, 2.75) is 6.92 Å². The first-order valence-electron chi connectivity index (χ1n) is 8.39. The summed E-state index contributed by atoms with van der Waals surface area (Å²) in [4.78, 5) is 4.85. The van der Waals surface area contributed by atoms with Crippen molar-refractivity contribution in [3.05, 3.63) is 72.4 Å². The maximum Gasteiger partial charge on any atom is 0.216 e. The molecule has 25 heavy (non-hydrogen) atoms. The fraction of sp³-hybridized carbons (Fsp3) is 0.0909. The van der Waals surface area contributed by atoms with Gasteiger partial charge in [-0.2, -0.15) is 0 Å². The van der Waals surface area contributed by atoms with E-state index in [-0.39, 0.29) is 0 Å². The lowest BCUT2D eigenvalue weighted by Crippen LogP contribution is -2.30. The van der Waals surface area contributed by atoms with Gasteiger partial charge >= 0.3 is 0 Å². The number of pyridine rings is 2. The van der Waals surface area contributed by atoms with Crippen molar-refractivity contribution in [1.29, 1.82) is 0 Å². The summed E-state index contributed by atoms with van der Waals surface area (Å²) in [6, 6.07) is 20.7. The highest BCUT2D eigenvalue weighted by atomic mass is 16.3. The molecular formula is C22H17N2O+. The van der Waals surface area contributed by atoms with Gasteiger partial charge in [-0.05, 0) is 36.8 Å². The van der Waals surface area contributed by atoms with Crippen molar-refractivity contribution in [3.63, 3.8) is 0 Å². The van der Waals surface area contributed by atoms with E-state index >= 15 is 0 Å². The third kappa shape index (κ3) is 2.06. The molecular weight excluding hydrogens is 308 g/mol. The number of fused-ring (bicyclic) bond motifs is 4. The minimum atomic E-state index is 0.833. The van der Waals surface area contributed by atoms with Crippen molar-refractivity contribution in [1.82, 2.24) is 4.98 Å². The van der Waals surface area contributed by atoms with Gasteiger partial charge in [0.2, 0.25) is 5.69 Å². The molecule has 3 aromatic heterocycles. The van der Waals surface area contributed by atoms with E-state index in [9.17, 15) is 0 Å². The van der Waals surface area contributed by atoms with Crippen LogP contribution < -0.4 is 4.57 Å². The first kappa shape index (κ1) is 14.2. The molecule has 5 rings (SSSR count). The summed E-state index contributed by atoms with van der Waals surface area (Å²) >= 11 is 0. The normalized spacial score (nSPS) is 11.6. The molecule has 0 radical (unpaired) electrons. The number of hydrogen-bond donors (Lipinski definition) is 0. The smallest absolute Gasteiger partial charge is 0.216 e. The molecule has 0 unspecified atom stereocenters. The molecule has 0 aliphatic carbocycles. The van der Waals surface area contributed by atoms with Crippen LogP contribution >= 0.6 is 0 Å². The Morgan fingerprint density at radius 3 is 2.68 bits per heavy atom. The summed E-state index contributed by atoms with van der Waals surface area (Å²) in [7, 11) is 2.06. The lowest BCUT2D eigenvalue weighted by molar-refractivity contribution is -0.660. The quantitative estimate of drug-likeness (QED) is 0.409. The van der Waals surface area contributed by atoms with E-state index in [1.54, 1.807) is 0 Å². The maximum atomic E-state index is 6.31. The summed E-state index contributed by atoms with van der Waals surface area (Å²) in [5.41, 5.74) is 7.10. The summed E-state index contributed by atoms with van der Waals surface area (Å²) in [6.07, 6.45) is 2.06. The highest BCUT2D eigenvalue weighted by molar-refractivity contribution is 6.10. The second-order valence-corrected chi connectivity index (χ2v) is 6.46. The van der Waals surface area contributed by atoms with E-state index in [4.69, 9.17) is 9.40 Å². The summed E-state index contributed by atoms with van der Waals surface area (Å²) in [5, 5.41) is 2.16. The molecule has 3 heterocycles. The van der Waals surface area contributed by atoms with E-state index < -0.39 is 0 Å². The average Bonchev–Trinajstić information content (AvgIpc) is 2.98. The van der Waals surface area contributed by atoms with Crippen LogP contribution in [0.4, 0.5) is 0 Å². The lowest BCUT2D eigenvalue weighted by Gasteiger charge is -2.04. The number of furan rings is 1. The summed E-state index contributed by atoms with van der Waals surface area (Å²) < 4.78 is 8.43. The zero-order valence-electron chi connectivity index (χ0n) is 14.2. The number of aromatic nitrogens is 2. The van der Waals surface area contributed by atoms with Crippen LogP contribution in [0.15, 0.2) is 71.3 Å². The van der Waals surface area contributed by atoms with E-state index in [1.165, 1.54) is 5.56 Å². The van der Waals surface area contributed by atoms with Gasteiger partial charge in [-0.25, -0.2) is 9.55 Å². The number of nitrogens with zero attached hydrogens (tertiary/aromatic N) is 2. The van der Waals surface area contributed by atoms with E-state index in [2.05, 4.69) is 61.1 Å². The van der Waals surface area contributed by atoms with Gasteiger partial charge in [-0.3, -0.25) is 0 Å². The molecule has 3 heteroatoms. The Bertz CT molecular complexity index is 1270. The predicted octanol–water partition coefficient (Wildman–Crippen LogP) is 4.93. The minimum absolute atomic E-state index is 0.833. The Kier molecular flexibility index (Phi) is 2.92. The summed E-state index contributed by atoms with van der Waals surface area (Å²) in [5.74, 6) is 0. The predicted molar refractivity (Wildman–Crippen MR) is 100 cm³/mol. The minimum Gasteiger partial charge on any atom is -0.453 e. The first-order valence-corrected chi connectivity index (χ1v) is 8.39. The van der Waals surface area contributed by atoms with Crippen LogP contribution in [0.2, 0.25) is 0 Å². The van der Waals surface area contributed by atoms with E-state index in [1.807, 2.05) is 24.3 Å². The van der Waals surface area contributed by atoms with E-state index in [0.717, 1.165) is 44.2 Å². The highest BCUT2D eigenvalue weighted by Crippen LogP contribution is 2.36. The maximum absolute atomic E-state index is 6.31. The Labute approximate surface area is 145 Å². The van der Waals surface area contributed by atoms with Gasteiger partial charge in [0, 0.05) is 22.9 Å². The molecule has 3 nitrogen and oxygen atoms in total. The van der Waals surface area contributed by atoms with Gasteiger partial charge in [0.1, 0.15) is 12.6 Å². The molecule has 0 aliphatic heterocycles. The van der Waals surface area contributed by atoms with Crippen LogP contribution in [0.1, 0.15) is 5.56 Å². The van der Waals surface area contributed by atoms with Crippen molar-refractivity contribution in [2.75, 3.05) is 0 Å². The van der Waals surface area contributed by atoms with Crippen molar-refractivity contribution in [3.8, 4) is 11.3 Å². The molecule has 5 aromatic rings. The zero-order valence-corrected chi connectivity index (χ0v) is 14.2. The molecule has 0 atom stereocenters. The van der Waals surface area contributed by atoms with Crippen molar-refractivity contribution < 1.29 is 8.98 Å². The fourth-order valence-corrected chi connectivity index (χ4v) is 3.55. The van der Waals surface area contributed by atoms with Crippen molar-refractivity contribution in [2.24, 2.45) is 7.05 Å². The van der Waals surface area contributed by atoms with Crippen LogP contribution in [-0.4, -0.2) is 4.98 Å². The third-order valence-corrected chi connectivity index (χ3v) is 4.83. The molecule has 0 N–H and O–H groups in total. The first-order chi connectivity index (χ1) is 12.2. The molecule has 0 fully saturated rings. The van der Waals surface area contributed by atoms with Gasteiger partial charge in [0.05, 0.1) is 11.1 Å². The summed E-state index contributed by atoms with van der Waals surface area (Å²) in [6.45, 7) is 2.12. The number of para-hydroxylation sites is 1. The fourth-order valence-electron chi connectivity index (χ4n) is 3.55. The van der Waals surface area contributed by atoms with Gasteiger partial charge < -0.3 is 4.42 Å². The Morgan fingerprint density at radius 2 is 1.80 bits per heavy atom. The zero-order chi connectivity index (χ0) is 17.0. The Hall–Kier alpha value is -3.20. The molecule has 0 saturated heterocycles. The van der Waals surface area contributed by atoms with Crippen LogP contribution in [0.5, 0.6) is 0 Å². The topological polar surface area (TPSA) is 29.9 Å².